The quantitative estimate of drug-likeness (QED) is 0.385. The van der Waals surface area contributed by atoms with Gasteiger partial charge in [-0.05, 0) is 27.9 Å². The molecular weight excluding hydrogens is 142 g/mol. The molecule has 1 saturated heterocycles. The van der Waals surface area contributed by atoms with Crippen LogP contribution in [0.4, 0.5) is 0 Å². The number of ether oxygens (including phenoxy) is 1. The molecule has 10 heavy (non-hydrogen) atoms. The van der Waals surface area contributed by atoms with E-state index in [1.165, 1.54) is 0 Å². The second kappa shape index (κ2) is 2.50. The summed E-state index contributed by atoms with van der Waals surface area (Å²) in [4.78, 5) is 0. The highest BCUT2D eigenvalue weighted by atomic mass is 31.2. The Morgan fingerprint density at radius 1 is 1.40 bits per heavy atom. The lowest BCUT2D eigenvalue weighted by atomic mass is 10.3. The molecule has 0 aliphatic carbocycles. The summed E-state index contributed by atoms with van der Waals surface area (Å²) in [7, 11) is 5.00. The van der Waals surface area contributed by atoms with Crippen molar-refractivity contribution in [1.82, 2.24) is 0 Å². The fourth-order valence-corrected chi connectivity index (χ4v) is 3.15. The molecule has 0 amide bonds. The van der Waals surface area contributed by atoms with Gasteiger partial charge in [-0.1, -0.05) is 0 Å². The fraction of sp³-hybridized carbons (Fsp3) is 1.00. The zero-order valence-corrected chi connectivity index (χ0v) is 7.95. The molecule has 0 aromatic heterocycles. The van der Waals surface area contributed by atoms with E-state index in [9.17, 15) is 0 Å². The lowest BCUT2D eigenvalue weighted by Gasteiger charge is -2.30. The normalized spacial score (nSPS) is 34.7. The Kier molecular flexibility index (Phi) is 2.13. The summed E-state index contributed by atoms with van der Waals surface area (Å²) < 4.78 is 5.31. The van der Waals surface area contributed by atoms with E-state index >= 15 is 0 Å². The molecule has 56 valence electrons. The largest absolute Gasteiger partial charge is 0.368 e. The predicted molar refractivity (Wildman–Crippen MR) is 48.1 cm³/mol. The Bertz CT molecular complexity index is 124. The minimum absolute atomic E-state index is 0.281. The molecule has 1 rings (SSSR count). The molecule has 3 heteroatoms. The van der Waals surface area contributed by atoms with Crippen molar-refractivity contribution in [3.8, 4) is 0 Å². The van der Waals surface area contributed by atoms with Crippen LogP contribution in [0.5, 0.6) is 0 Å². The molecule has 1 fully saturated rings. The highest BCUT2D eigenvalue weighted by molar-refractivity contribution is 7.98. The lowest BCUT2D eigenvalue weighted by Crippen LogP contribution is -2.22. The van der Waals surface area contributed by atoms with Crippen molar-refractivity contribution in [2.45, 2.75) is 25.9 Å². The second-order valence-corrected chi connectivity index (χ2v) is 8.08. The summed E-state index contributed by atoms with van der Waals surface area (Å²) in [5.74, 6) is 0. The highest BCUT2D eigenvalue weighted by Crippen LogP contribution is 2.66. The average molecular weight is 157 g/mol. The number of hydrogen-bond donors (Lipinski definition) is 0. The van der Waals surface area contributed by atoms with E-state index in [-0.39, 0.29) is 5.16 Å². The number of rotatable bonds is 0. The van der Waals surface area contributed by atoms with E-state index in [0.717, 1.165) is 19.1 Å². The number of hydrogen-bond acceptors (Lipinski definition) is 1. The van der Waals surface area contributed by atoms with Gasteiger partial charge in [0, 0.05) is 0 Å². The van der Waals surface area contributed by atoms with Crippen LogP contribution in [0.2, 0.25) is 0 Å². The highest BCUT2D eigenvalue weighted by Gasteiger charge is 2.47. The van der Waals surface area contributed by atoms with Crippen LogP contribution in [-0.2, 0) is 4.74 Å². The Balaban J connectivity index is 2.67. The van der Waals surface area contributed by atoms with Crippen LogP contribution in [0.1, 0.15) is 20.8 Å². The van der Waals surface area contributed by atoms with Gasteiger partial charge in [0.25, 0.3) is 0 Å². The fourth-order valence-electron chi connectivity index (χ4n) is 1.05. The van der Waals surface area contributed by atoms with Crippen LogP contribution in [0.25, 0.3) is 0 Å². The molecule has 1 heterocycles. The third kappa shape index (κ3) is 1.38. The molecule has 0 saturated carbocycles. The summed E-state index contributed by atoms with van der Waals surface area (Å²) in [6.07, 6.45) is 1.94. The van der Waals surface area contributed by atoms with Gasteiger partial charge < -0.3 is 4.74 Å². The van der Waals surface area contributed by atoms with E-state index in [1.807, 2.05) is 0 Å². The first-order chi connectivity index (χ1) is 4.46. The van der Waals surface area contributed by atoms with Crippen molar-refractivity contribution in [3.05, 3.63) is 0 Å². The van der Waals surface area contributed by atoms with E-state index in [0.29, 0.717) is 0 Å². The third-order valence-corrected chi connectivity index (χ3v) is 6.59. The van der Waals surface area contributed by atoms with Crippen LogP contribution >= 0.6 is 7.14 Å². The SMILES string of the molecule is [B][P+]1(C(C)(C)C)CCOC1. The molecule has 1 aliphatic heterocycles. The summed E-state index contributed by atoms with van der Waals surface area (Å²) in [5, 5.41) is 0.281. The first kappa shape index (κ1) is 8.55. The van der Waals surface area contributed by atoms with Gasteiger partial charge in [-0.3, -0.25) is 0 Å². The van der Waals surface area contributed by atoms with Gasteiger partial charge in [0.15, 0.2) is 0 Å². The van der Waals surface area contributed by atoms with E-state index in [4.69, 9.17) is 12.3 Å². The monoisotopic (exact) mass is 157 g/mol. The molecule has 0 N–H and O–H groups in total. The molecule has 1 nitrogen and oxygen atoms in total. The van der Waals surface area contributed by atoms with E-state index in [1.54, 1.807) is 0 Å². The molecule has 1 aliphatic rings. The van der Waals surface area contributed by atoms with Crippen LogP contribution < -0.4 is 0 Å². The minimum Gasteiger partial charge on any atom is -0.344 e. The van der Waals surface area contributed by atoms with Crippen LogP contribution in [0, 0.1) is 0 Å². The molecule has 0 spiro atoms. The van der Waals surface area contributed by atoms with E-state index < -0.39 is 7.14 Å². The Hall–Kier alpha value is 0.455. The maximum atomic E-state index is 6.22. The van der Waals surface area contributed by atoms with Crippen molar-refractivity contribution >= 4 is 14.7 Å². The standard InChI is InChI=1S/C7H15BOP/c1-7(2,3)10(8)5-4-9-6-10/h4-6H2,1-3H3/q+1. The topological polar surface area (TPSA) is 9.23 Å². The van der Waals surface area contributed by atoms with Crippen molar-refractivity contribution in [3.63, 3.8) is 0 Å². The van der Waals surface area contributed by atoms with Gasteiger partial charge in [-0.25, -0.2) is 0 Å². The third-order valence-electron chi connectivity index (χ3n) is 2.29. The Labute approximate surface area is 65.2 Å². The minimum atomic E-state index is -1.23. The average Bonchev–Trinajstić information content (AvgIpc) is 2.13. The maximum absolute atomic E-state index is 6.22. The van der Waals surface area contributed by atoms with E-state index in [2.05, 4.69) is 20.8 Å². The molecular formula is C7H15BOP+. The van der Waals surface area contributed by atoms with Crippen LogP contribution in [-0.4, -0.2) is 31.8 Å². The summed E-state index contributed by atoms with van der Waals surface area (Å²) in [6, 6.07) is 0. The predicted octanol–water partition coefficient (Wildman–Crippen LogP) is 1.87. The zero-order chi connectivity index (χ0) is 7.83. The van der Waals surface area contributed by atoms with Gasteiger partial charge in [-0.15, -0.1) is 0 Å². The van der Waals surface area contributed by atoms with Crippen molar-refractivity contribution < 1.29 is 4.74 Å². The van der Waals surface area contributed by atoms with Crippen LogP contribution in [0.3, 0.4) is 0 Å². The van der Waals surface area contributed by atoms with Crippen molar-refractivity contribution in [2.75, 3.05) is 19.1 Å². The Morgan fingerprint density at radius 2 is 2.00 bits per heavy atom. The van der Waals surface area contributed by atoms with Gasteiger partial charge in [-0.2, -0.15) is 0 Å². The zero-order valence-electron chi connectivity index (χ0n) is 7.05. The first-order valence-corrected chi connectivity index (χ1v) is 5.92. The molecule has 0 aromatic carbocycles. The first-order valence-electron chi connectivity index (χ1n) is 3.69. The van der Waals surface area contributed by atoms with Gasteiger partial charge in [0.2, 0.25) is 0 Å². The molecule has 0 aromatic rings. The lowest BCUT2D eigenvalue weighted by molar-refractivity contribution is 0.216. The van der Waals surface area contributed by atoms with Gasteiger partial charge in [0.05, 0.1) is 17.9 Å². The second-order valence-electron chi connectivity index (χ2n) is 3.97. The maximum Gasteiger partial charge on any atom is 0.368 e. The molecule has 2 radical (unpaired) electrons. The molecule has 1 atom stereocenters. The smallest absolute Gasteiger partial charge is 0.344 e. The summed E-state index contributed by atoms with van der Waals surface area (Å²) >= 11 is 0. The molecule has 0 bridgehead atoms. The summed E-state index contributed by atoms with van der Waals surface area (Å²) in [5.41, 5.74) is 0. The van der Waals surface area contributed by atoms with Crippen LogP contribution in [0.15, 0.2) is 0 Å². The van der Waals surface area contributed by atoms with Gasteiger partial charge in [0.1, 0.15) is 6.35 Å². The Morgan fingerprint density at radius 3 is 2.20 bits per heavy atom. The van der Waals surface area contributed by atoms with Crippen molar-refractivity contribution in [2.24, 2.45) is 0 Å². The van der Waals surface area contributed by atoms with Gasteiger partial charge >= 0.3 is 7.57 Å². The summed E-state index contributed by atoms with van der Waals surface area (Å²) in [6.45, 7) is 7.53. The molecule has 1 unspecified atom stereocenters. The van der Waals surface area contributed by atoms with Crippen molar-refractivity contribution in [1.29, 1.82) is 0 Å².